The number of aromatic amines is 1. The van der Waals surface area contributed by atoms with Crippen molar-refractivity contribution < 1.29 is 15.0 Å². The highest BCUT2D eigenvalue weighted by Gasteiger charge is 2.19. The van der Waals surface area contributed by atoms with Crippen molar-refractivity contribution in [3.8, 4) is 17.0 Å². The molecule has 25 heavy (non-hydrogen) atoms. The molecule has 0 radical (unpaired) electrons. The summed E-state index contributed by atoms with van der Waals surface area (Å²) in [6.45, 7) is 0. The van der Waals surface area contributed by atoms with Crippen LogP contribution in [-0.2, 0) is 0 Å². The molecule has 0 aliphatic heterocycles. The Balaban J connectivity index is 2.25. The minimum absolute atomic E-state index is 0.0284. The van der Waals surface area contributed by atoms with Crippen LogP contribution in [0.15, 0.2) is 41.2 Å². The van der Waals surface area contributed by atoms with Crippen LogP contribution in [0, 0.1) is 20.2 Å². The molecule has 0 aliphatic rings. The molecular formula is C15H10N4O6. The molecule has 0 fully saturated rings. The van der Waals surface area contributed by atoms with Crippen LogP contribution in [-0.4, -0.2) is 19.9 Å². The lowest BCUT2D eigenvalue weighted by atomic mass is 10.1. The van der Waals surface area contributed by atoms with E-state index in [-0.39, 0.29) is 28.0 Å². The predicted molar refractivity (Wildman–Crippen MR) is 89.4 cm³/mol. The van der Waals surface area contributed by atoms with Gasteiger partial charge in [0.1, 0.15) is 5.69 Å². The number of aromatic nitrogens is 1. The molecule has 3 aromatic rings. The van der Waals surface area contributed by atoms with Crippen molar-refractivity contribution >= 4 is 28.0 Å². The molecule has 1 aromatic heterocycles. The molecule has 1 heterocycles. The second-order valence-corrected chi connectivity index (χ2v) is 5.20. The molecule has 10 nitrogen and oxygen atoms in total. The van der Waals surface area contributed by atoms with Crippen molar-refractivity contribution in [1.29, 1.82) is 0 Å². The van der Waals surface area contributed by atoms with E-state index in [0.29, 0.717) is 5.56 Å². The number of pyridine rings is 1. The average molecular weight is 342 g/mol. The van der Waals surface area contributed by atoms with Crippen LogP contribution < -0.4 is 11.2 Å². The fraction of sp³-hybridized carbons (Fsp3) is 0. The number of rotatable bonds is 3. The fourth-order valence-corrected chi connectivity index (χ4v) is 2.45. The Morgan fingerprint density at radius 3 is 2.24 bits per heavy atom. The summed E-state index contributed by atoms with van der Waals surface area (Å²) >= 11 is 0. The van der Waals surface area contributed by atoms with Gasteiger partial charge in [-0.2, -0.15) is 0 Å². The number of hydrogen-bond acceptors (Lipinski definition) is 7. The first-order chi connectivity index (χ1) is 11.8. The van der Waals surface area contributed by atoms with Crippen LogP contribution in [0.5, 0.6) is 5.75 Å². The van der Waals surface area contributed by atoms with Gasteiger partial charge < -0.3 is 15.8 Å². The van der Waals surface area contributed by atoms with E-state index in [2.05, 4.69) is 4.98 Å². The normalized spacial score (nSPS) is 10.7. The molecule has 0 bridgehead atoms. The zero-order valence-corrected chi connectivity index (χ0v) is 12.4. The van der Waals surface area contributed by atoms with E-state index in [4.69, 9.17) is 5.73 Å². The molecule has 2 aromatic carbocycles. The Bertz CT molecular complexity index is 1090. The maximum absolute atomic E-state index is 12.3. The molecule has 0 unspecified atom stereocenters. The van der Waals surface area contributed by atoms with Crippen LogP contribution in [0.2, 0.25) is 0 Å². The van der Waals surface area contributed by atoms with Gasteiger partial charge in [-0.15, -0.1) is 0 Å². The maximum atomic E-state index is 12.3. The zero-order chi connectivity index (χ0) is 18.3. The standard InChI is InChI=1S/C15H10N4O6/c16-10-6-11-9(5-12(10)19(24)25)14(20)15(21)13(17-11)7-1-3-8(4-2-7)18(22)23/h1-6,21H,16H2,(H,17,20). The molecule has 0 saturated heterocycles. The topological polar surface area (TPSA) is 165 Å². The summed E-state index contributed by atoms with van der Waals surface area (Å²) < 4.78 is 0. The number of nitrogens with zero attached hydrogens (tertiary/aromatic N) is 2. The number of non-ortho nitro benzene ring substituents is 1. The quantitative estimate of drug-likeness (QED) is 0.373. The summed E-state index contributed by atoms with van der Waals surface area (Å²) in [7, 11) is 0. The monoisotopic (exact) mass is 342 g/mol. The highest BCUT2D eigenvalue weighted by molar-refractivity contribution is 5.90. The van der Waals surface area contributed by atoms with Crippen molar-refractivity contribution in [2.45, 2.75) is 0 Å². The molecule has 126 valence electrons. The Morgan fingerprint density at radius 1 is 1.04 bits per heavy atom. The highest BCUT2D eigenvalue weighted by Crippen LogP contribution is 2.31. The Labute approximate surface area is 138 Å². The summed E-state index contributed by atoms with van der Waals surface area (Å²) in [5.74, 6) is -0.652. The van der Waals surface area contributed by atoms with E-state index < -0.39 is 26.7 Å². The van der Waals surface area contributed by atoms with Crippen molar-refractivity contribution in [1.82, 2.24) is 4.98 Å². The second-order valence-electron chi connectivity index (χ2n) is 5.20. The van der Waals surface area contributed by atoms with Gasteiger partial charge in [0.2, 0.25) is 5.43 Å². The van der Waals surface area contributed by atoms with Gasteiger partial charge in [-0.05, 0) is 18.2 Å². The number of benzene rings is 2. The number of nitrogens with one attached hydrogen (secondary N) is 1. The number of nitrogen functional groups attached to an aromatic ring is 1. The molecule has 0 atom stereocenters. The van der Waals surface area contributed by atoms with Crippen molar-refractivity contribution in [2.24, 2.45) is 0 Å². The van der Waals surface area contributed by atoms with E-state index in [1.54, 1.807) is 0 Å². The molecular weight excluding hydrogens is 332 g/mol. The van der Waals surface area contributed by atoms with Gasteiger partial charge in [-0.1, -0.05) is 0 Å². The summed E-state index contributed by atoms with van der Waals surface area (Å²) in [6, 6.07) is 7.39. The predicted octanol–water partition coefficient (Wildman–Crippen LogP) is 2.30. The third-order valence-corrected chi connectivity index (χ3v) is 3.69. The fourth-order valence-electron chi connectivity index (χ4n) is 2.45. The first-order valence-corrected chi connectivity index (χ1v) is 6.87. The summed E-state index contributed by atoms with van der Waals surface area (Å²) in [5, 5.41) is 31.7. The molecule has 3 rings (SSSR count). The van der Waals surface area contributed by atoms with Crippen molar-refractivity contribution in [3.63, 3.8) is 0 Å². The third kappa shape index (κ3) is 2.61. The van der Waals surface area contributed by atoms with E-state index in [1.165, 1.54) is 30.3 Å². The highest BCUT2D eigenvalue weighted by atomic mass is 16.6. The van der Waals surface area contributed by atoms with Gasteiger partial charge in [0.15, 0.2) is 5.75 Å². The second kappa shape index (κ2) is 5.60. The Kier molecular flexibility index (Phi) is 3.57. The van der Waals surface area contributed by atoms with Crippen LogP contribution in [0.4, 0.5) is 17.1 Å². The number of hydrogen-bond donors (Lipinski definition) is 3. The first-order valence-electron chi connectivity index (χ1n) is 6.87. The molecule has 10 heteroatoms. The Morgan fingerprint density at radius 2 is 1.68 bits per heavy atom. The maximum Gasteiger partial charge on any atom is 0.293 e. The van der Waals surface area contributed by atoms with Crippen LogP contribution >= 0.6 is 0 Å². The number of nitro benzene ring substituents is 2. The summed E-state index contributed by atoms with van der Waals surface area (Å²) in [4.78, 5) is 35.5. The lowest BCUT2D eigenvalue weighted by Crippen LogP contribution is -2.07. The number of nitrogens with two attached hydrogens (primary N) is 1. The van der Waals surface area contributed by atoms with Crippen molar-refractivity contribution in [3.05, 3.63) is 66.9 Å². The lowest BCUT2D eigenvalue weighted by Gasteiger charge is -2.08. The van der Waals surface area contributed by atoms with Crippen LogP contribution in [0.3, 0.4) is 0 Å². The van der Waals surface area contributed by atoms with Gasteiger partial charge in [-0.3, -0.25) is 25.0 Å². The number of aromatic hydroxyl groups is 1. The Hall–Kier alpha value is -3.95. The van der Waals surface area contributed by atoms with Gasteiger partial charge in [0, 0.05) is 23.8 Å². The van der Waals surface area contributed by atoms with E-state index in [0.717, 1.165) is 6.07 Å². The van der Waals surface area contributed by atoms with Crippen molar-refractivity contribution in [2.75, 3.05) is 5.73 Å². The van der Waals surface area contributed by atoms with Crippen LogP contribution in [0.1, 0.15) is 0 Å². The number of anilines is 1. The molecule has 0 spiro atoms. The summed E-state index contributed by atoms with van der Waals surface area (Å²) in [5.41, 5.74) is 4.62. The summed E-state index contributed by atoms with van der Waals surface area (Å²) in [6.07, 6.45) is 0. The third-order valence-electron chi connectivity index (χ3n) is 3.69. The largest absolute Gasteiger partial charge is 0.503 e. The lowest BCUT2D eigenvalue weighted by molar-refractivity contribution is -0.384. The molecule has 0 saturated carbocycles. The van der Waals surface area contributed by atoms with Gasteiger partial charge >= 0.3 is 0 Å². The minimum Gasteiger partial charge on any atom is -0.503 e. The number of H-pyrrole nitrogens is 1. The first kappa shape index (κ1) is 15.9. The van der Waals surface area contributed by atoms with Crippen LogP contribution in [0.25, 0.3) is 22.2 Å². The van der Waals surface area contributed by atoms with E-state index in [9.17, 15) is 30.1 Å². The molecule has 0 aliphatic carbocycles. The van der Waals surface area contributed by atoms with Gasteiger partial charge in [0.05, 0.1) is 26.4 Å². The molecule has 0 amide bonds. The van der Waals surface area contributed by atoms with Gasteiger partial charge in [0.25, 0.3) is 11.4 Å². The number of fused-ring (bicyclic) bond motifs is 1. The van der Waals surface area contributed by atoms with Gasteiger partial charge in [-0.25, -0.2) is 0 Å². The molecule has 4 N–H and O–H groups in total. The smallest absolute Gasteiger partial charge is 0.293 e. The minimum atomic E-state index is -0.815. The number of nitro groups is 2. The SMILES string of the molecule is Nc1cc2[nH]c(-c3ccc([N+](=O)[O-])cc3)c(O)c(=O)c2cc1[N+](=O)[O-]. The van der Waals surface area contributed by atoms with E-state index >= 15 is 0 Å². The van der Waals surface area contributed by atoms with E-state index in [1.807, 2.05) is 0 Å². The zero-order valence-electron chi connectivity index (χ0n) is 12.4. The average Bonchev–Trinajstić information content (AvgIpc) is 2.57.